The monoisotopic (exact) mass is 287 g/mol. The van der Waals surface area contributed by atoms with Crippen LogP contribution >= 0.6 is 0 Å². The van der Waals surface area contributed by atoms with Gasteiger partial charge >= 0.3 is 0 Å². The molecule has 21 heavy (non-hydrogen) atoms. The number of amides is 1. The van der Waals surface area contributed by atoms with Gasteiger partial charge in [0, 0.05) is 12.0 Å². The second-order valence-corrected chi connectivity index (χ2v) is 6.72. The molecule has 1 saturated carbocycles. The number of hydrogen-bond acceptors (Lipinski definition) is 2. The fourth-order valence-corrected chi connectivity index (χ4v) is 3.72. The van der Waals surface area contributed by atoms with Crippen LogP contribution in [0.15, 0.2) is 30.3 Å². The number of rotatable bonds is 5. The van der Waals surface area contributed by atoms with E-state index < -0.39 is 0 Å². The van der Waals surface area contributed by atoms with E-state index in [2.05, 4.69) is 29.2 Å². The number of hydrogen-bond donors (Lipinski definition) is 0. The molecule has 0 aromatic heterocycles. The first-order valence-corrected chi connectivity index (χ1v) is 8.08. The molecule has 114 valence electrons. The van der Waals surface area contributed by atoms with Crippen molar-refractivity contribution in [1.82, 2.24) is 4.90 Å². The minimum Gasteiger partial charge on any atom is -0.378 e. The topological polar surface area (TPSA) is 29.5 Å². The van der Waals surface area contributed by atoms with Crippen LogP contribution in [0.2, 0.25) is 0 Å². The zero-order valence-corrected chi connectivity index (χ0v) is 13.0. The van der Waals surface area contributed by atoms with Crippen LogP contribution in [0.4, 0.5) is 0 Å². The molecule has 2 fully saturated rings. The van der Waals surface area contributed by atoms with Crippen molar-refractivity contribution in [1.29, 1.82) is 0 Å². The molecule has 3 heteroatoms. The predicted octanol–water partition coefficient (Wildman–Crippen LogP) is 3.56. The lowest BCUT2D eigenvalue weighted by Crippen LogP contribution is -2.63. The average molecular weight is 287 g/mol. The Hall–Kier alpha value is -1.35. The maximum absolute atomic E-state index is 12.5. The van der Waals surface area contributed by atoms with Crippen molar-refractivity contribution in [3.8, 4) is 0 Å². The molecule has 1 heterocycles. The van der Waals surface area contributed by atoms with Gasteiger partial charge in [0.25, 0.3) is 0 Å². The van der Waals surface area contributed by atoms with Gasteiger partial charge in [0.2, 0.25) is 5.91 Å². The number of likely N-dealkylation sites (tertiary alicyclic amines) is 1. The standard InChI is InChI=1S/C18H25NO2/c1-14(2)21-12-9-16(20)19-13-18(10-6-11-18)17(19)15-7-4-3-5-8-15/h3-5,7-8,14,17H,6,9-13H2,1-2H3. The first kappa shape index (κ1) is 14.6. The molecule has 1 atom stereocenters. The lowest BCUT2D eigenvalue weighted by atomic mass is 9.56. The zero-order valence-electron chi connectivity index (χ0n) is 13.0. The van der Waals surface area contributed by atoms with E-state index in [1.165, 1.54) is 24.8 Å². The van der Waals surface area contributed by atoms with Crippen molar-refractivity contribution in [2.45, 2.75) is 51.7 Å². The maximum Gasteiger partial charge on any atom is 0.225 e. The second kappa shape index (κ2) is 5.80. The Morgan fingerprint density at radius 1 is 1.33 bits per heavy atom. The highest BCUT2D eigenvalue weighted by atomic mass is 16.5. The number of carbonyl (C=O) groups excluding carboxylic acids is 1. The van der Waals surface area contributed by atoms with E-state index in [0.717, 1.165) is 6.54 Å². The molecule has 0 N–H and O–H groups in total. The van der Waals surface area contributed by atoms with Crippen LogP contribution in [0.3, 0.4) is 0 Å². The fraction of sp³-hybridized carbons (Fsp3) is 0.611. The fourth-order valence-electron chi connectivity index (χ4n) is 3.72. The maximum atomic E-state index is 12.5. The van der Waals surface area contributed by atoms with Gasteiger partial charge in [-0.1, -0.05) is 36.8 Å². The van der Waals surface area contributed by atoms with E-state index in [1.807, 2.05) is 19.9 Å². The van der Waals surface area contributed by atoms with Gasteiger partial charge in [-0.05, 0) is 32.3 Å². The molecule has 0 radical (unpaired) electrons. The van der Waals surface area contributed by atoms with Crippen LogP contribution in [-0.2, 0) is 9.53 Å². The van der Waals surface area contributed by atoms with E-state index in [9.17, 15) is 4.79 Å². The van der Waals surface area contributed by atoms with Gasteiger partial charge < -0.3 is 9.64 Å². The molecule has 0 bridgehead atoms. The third-order valence-corrected chi connectivity index (χ3v) is 4.93. The summed E-state index contributed by atoms with van der Waals surface area (Å²) in [4.78, 5) is 14.5. The number of benzene rings is 1. The quantitative estimate of drug-likeness (QED) is 0.829. The summed E-state index contributed by atoms with van der Waals surface area (Å²) in [6, 6.07) is 10.8. The molecule has 3 rings (SSSR count). The highest BCUT2D eigenvalue weighted by molar-refractivity contribution is 5.78. The Balaban J connectivity index is 1.67. The van der Waals surface area contributed by atoms with Crippen LogP contribution in [0, 0.1) is 5.41 Å². The van der Waals surface area contributed by atoms with Crippen molar-refractivity contribution >= 4 is 5.91 Å². The van der Waals surface area contributed by atoms with E-state index in [1.54, 1.807) is 0 Å². The van der Waals surface area contributed by atoms with Crippen molar-refractivity contribution in [2.24, 2.45) is 5.41 Å². The van der Waals surface area contributed by atoms with Gasteiger partial charge in [-0.2, -0.15) is 0 Å². The van der Waals surface area contributed by atoms with Crippen molar-refractivity contribution in [2.75, 3.05) is 13.2 Å². The van der Waals surface area contributed by atoms with Crippen LogP contribution in [-0.4, -0.2) is 30.1 Å². The largest absolute Gasteiger partial charge is 0.378 e. The summed E-state index contributed by atoms with van der Waals surface area (Å²) in [7, 11) is 0. The Morgan fingerprint density at radius 2 is 2.05 bits per heavy atom. The first-order chi connectivity index (χ1) is 10.1. The van der Waals surface area contributed by atoms with Crippen molar-refractivity contribution < 1.29 is 9.53 Å². The van der Waals surface area contributed by atoms with Gasteiger partial charge in [-0.3, -0.25) is 4.79 Å². The lowest BCUT2D eigenvalue weighted by Gasteiger charge is -2.62. The number of nitrogens with zero attached hydrogens (tertiary/aromatic N) is 1. The second-order valence-electron chi connectivity index (χ2n) is 6.72. The average Bonchev–Trinajstić information content (AvgIpc) is 2.36. The minimum absolute atomic E-state index is 0.192. The van der Waals surface area contributed by atoms with Crippen LogP contribution in [0.25, 0.3) is 0 Å². The van der Waals surface area contributed by atoms with Crippen molar-refractivity contribution in [3.05, 3.63) is 35.9 Å². The summed E-state index contributed by atoms with van der Waals surface area (Å²) in [5.41, 5.74) is 1.66. The molecule has 2 aliphatic rings. The van der Waals surface area contributed by atoms with Crippen LogP contribution in [0.5, 0.6) is 0 Å². The normalized spacial score (nSPS) is 23.0. The molecule has 1 aromatic rings. The highest BCUT2D eigenvalue weighted by Crippen LogP contribution is 2.60. The summed E-state index contributed by atoms with van der Waals surface area (Å²) in [5, 5.41) is 0. The molecule has 1 aliphatic heterocycles. The molecule has 1 spiro atoms. The molecule has 1 amide bonds. The summed E-state index contributed by atoms with van der Waals surface area (Å²) >= 11 is 0. The van der Waals surface area contributed by atoms with Gasteiger partial charge in [-0.15, -0.1) is 0 Å². The Kier molecular flexibility index (Phi) is 4.03. The third-order valence-electron chi connectivity index (χ3n) is 4.93. The first-order valence-electron chi connectivity index (χ1n) is 8.08. The summed E-state index contributed by atoms with van der Waals surface area (Å²) in [5.74, 6) is 0.238. The van der Waals surface area contributed by atoms with E-state index in [-0.39, 0.29) is 12.0 Å². The number of ether oxygens (including phenoxy) is 1. The van der Waals surface area contributed by atoms with E-state index >= 15 is 0 Å². The Labute approximate surface area is 127 Å². The van der Waals surface area contributed by atoms with Crippen molar-refractivity contribution in [3.63, 3.8) is 0 Å². The van der Waals surface area contributed by atoms with E-state index in [4.69, 9.17) is 4.74 Å². The smallest absolute Gasteiger partial charge is 0.225 e. The lowest BCUT2D eigenvalue weighted by molar-refractivity contribution is -0.170. The molecule has 1 saturated heterocycles. The molecular weight excluding hydrogens is 262 g/mol. The zero-order chi connectivity index (χ0) is 14.9. The van der Waals surface area contributed by atoms with Crippen LogP contribution < -0.4 is 0 Å². The molecule has 1 unspecified atom stereocenters. The molecule has 1 aromatic carbocycles. The Morgan fingerprint density at radius 3 is 2.62 bits per heavy atom. The molecule has 1 aliphatic carbocycles. The summed E-state index contributed by atoms with van der Waals surface area (Å²) in [6.07, 6.45) is 4.52. The van der Waals surface area contributed by atoms with E-state index in [0.29, 0.717) is 24.5 Å². The van der Waals surface area contributed by atoms with Gasteiger partial charge in [0.15, 0.2) is 0 Å². The molecular formula is C18H25NO2. The third kappa shape index (κ3) is 2.71. The molecule has 3 nitrogen and oxygen atoms in total. The Bertz CT molecular complexity index is 493. The highest BCUT2D eigenvalue weighted by Gasteiger charge is 2.57. The number of carbonyl (C=O) groups is 1. The SMILES string of the molecule is CC(C)OCCC(=O)N1CC2(CCC2)C1c1ccccc1. The van der Waals surface area contributed by atoms with Gasteiger partial charge in [0.05, 0.1) is 25.2 Å². The van der Waals surface area contributed by atoms with Gasteiger partial charge in [-0.25, -0.2) is 0 Å². The predicted molar refractivity (Wildman–Crippen MR) is 82.9 cm³/mol. The van der Waals surface area contributed by atoms with Crippen LogP contribution in [0.1, 0.15) is 51.1 Å². The minimum atomic E-state index is 0.192. The van der Waals surface area contributed by atoms with Gasteiger partial charge in [0.1, 0.15) is 0 Å². The summed E-state index contributed by atoms with van der Waals surface area (Å²) < 4.78 is 5.52. The summed E-state index contributed by atoms with van der Waals surface area (Å²) in [6.45, 7) is 5.48.